The zero-order valence-corrected chi connectivity index (χ0v) is 14.2. The molecule has 0 atom stereocenters. The number of benzene rings is 2. The van der Waals surface area contributed by atoms with E-state index in [9.17, 15) is 4.79 Å². The predicted molar refractivity (Wildman–Crippen MR) is 92.4 cm³/mol. The summed E-state index contributed by atoms with van der Waals surface area (Å²) in [5, 5.41) is 0. The molecule has 0 aliphatic heterocycles. The Balaban J connectivity index is 2.26. The highest BCUT2D eigenvalue weighted by Crippen LogP contribution is 2.28. The maximum Gasteiger partial charge on any atom is 0.170 e. The third-order valence-electron chi connectivity index (χ3n) is 3.20. The second-order valence-corrected chi connectivity index (χ2v) is 6.08. The van der Waals surface area contributed by atoms with E-state index in [1.54, 1.807) is 12.1 Å². The van der Waals surface area contributed by atoms with E-state index < -0.39 is 0 Å². The molecule has 0 amide bonds. The van der Waals surface area contributed by atoms with Gasteiger partial charge in [0.25, 0.3) is 0 Å². The van der Waals surface area contributed by atoms with Crippen LogP contribution in [-0.4, -0.2) is 18.0 Å². The Morgan fingerprint density at radius 2 is 1.57 bits per heavy atom. The lowest BCUT2D eigenvalue weighted by atomic mass is 10.0. The van der Waals surface area contributed by atoms with E-state index in [2.05, 4.69) is 0 Å². The SMILES string of the molecule is CC(C)Oc1ccc(C(=O)Cc2ccccc2)c(OC(C)C)c1. The minimum Gasteiger partial charge on any atom is -0.491 e. The zero-order chi connectivity index (χ0) is 16.8. The van der Waals surface area contributed by atoms with Crippen LogP contribution in [0.5, 0.6) is 11.5 Å². The van der Waals surface area contributed by atoms with Crippen molar-refractivity contribution in [1.82, 2.24) is 0 Å². The molecule has 0 unspecified atom stereocenters. The number of Topliss-reactive ketones (excluding diaryl/α,β-unsaturated/α-hetero) is 1. The minimum atomic E-state index is -0.00687. The Kier molecular flexibility index (Phi) is 5.80. The summed E-state index contributed by atoms with van der Waals surface area (Å²) >= 11 is 0. The van der Waals surface area contributed by atoms with Crippen LogP contribution >= 0.6 is 0 Å². The first kappa shape index (κ1) is 17.1. The highest BCUT2D eigenvalue weighted by molar-refractivity contribution is 6.00. The van der Waals surface area contributed by atoms with Crippen LogP contribution in [0.25, 0.3) is 0 Å². The Hall–Kier alpha value is -2.29. The van der Waals surface area contributed by atoms with E-state index in [0.29, 0.717) is 23.5 Å². The molecular formula is C20H24O3. The fourth-order valence-corrected chi connectivity index (χ4v) is 2.31. The summed E-state index contributed by atoms with van der Waals surface area (Å²) in [4.78, 5) is 12.6. The van der Waals surface area contributed by atoms with Crippen molar-refractivity contribution in [1.29, 1.82) is 0 Å². The molecule has 0 heterocycles. The monoisotopic (exact) mass is 312 g/mol. The first-order chi connectivity index (χ1) is 11.0. The third kappa shape index (κ3) is 5.13. The number of hydrogen-bond acceptors (Lipinski definition) is 3. The Morgan fingerprint density at radius 1 is 0.913 bits per heavy atom. The predicted octanol–water partition coefficient (Wildman–Crippen LogP) is 4.69. The zero-order valence-electron chi connectivity index (χ0n) is 14.2. The van der Waals surface area contributed by atoms with Crippen molar-refractivity contribution in [3.63, 3.8) is 0 Å². The van der Waals surface area contributed by atoms with Gasteiger partial charge in [0.15, 0.2) is 5.78 Å². The number of carbonyl (C=O) groups excluding carboxylic acids is 1. The maximum absolute atomic E-state index is 12.6. The van der Waals surface area contributed by atoms with Crippen molar-refractivity contribution in [3.8, 4) is 11.5 Å². The largest absolute Gasteiger partial charge is 0.491 e. The Bertz CT molecular complexity index is 645. The molecular weight excluding hydrogens is 288 g/mol. The summed E-state index contributed by atoms with van der Waals surface area (Å²) in [7, 11) is 0. The van der Waals surface area contributed by atoms with Gasteiger partial charge in [-0.05, 0) is 45.4 Å². The molecule has 0 bridgehead atoms. The molecule has 23 heavy (non-hydrogen) atoms. The van der Waals surface area contributed by atoms with Crippen LogP contribution in [0.4, 0.5) is 0 Å². The molecule has 0 radical (unpaired) electrons. The van der Waals surface area contributed by atoms with Crippen molar-refractivity contribution < 1.29 is 14.3 Å². The number of rotatable bonds is 7. The molecule has 2 aromatic carbocycles. The average Bonchev–Trinajstić information content (AvgIpc) is 2.47. The summed E-state index contributed by atoms with van der Waals surface area (Å²) in [6.07, 6.45) is 0.431. The summed E-state index contributed by atoms with van der Waals surface area (Å²) in [5.74, 6) is 1.34. The molecule has 0 saturated heterocycles. The first-order valence-electron chi connectivity index (χ1n) is 8.00. The standard InChI is InChI=1S/C20H24O3/c1-14(2)22-17-10-11-18(20(13-17)23-15(3)4)19(21)12-16-8-6-5-7-9-16/h5-11,13-15H,12H2,1-4H3. The summed E-state index contributed by atoms with van der Waals surface area (Å²) in [6, 6.07) is 15.2. The highest BCUT2D eigenvalue weighted by atomic mass is 16.5. The van der Waals surface area contributed by atoms with Crippen LogP contribution < -0.4 is 9.47 Å². The van der Waals surface area contributed by atoms with Crippen molar-refractivity contribution in [2.24, 2.45) is 0 Å². The normalized spacial score (nSPS) is 10.9. The van der Waals surface area contributed by atoms with E-state index in [-0.39, 0.29) is 18.0 Å². The topological polar surface area (TPSA) is 35.5 Å². The lowest BCUT2D eigenvalue weighted by molar-refractivity contribution is 0.0987. The maximum atomic E-state index is 12.6. The molecule has 122 valence electrons. The van der Waals surface area contributed by atoms with Gasteiger partial charge in [-0.15, -0.1) is 0 Å². The summed E-state index contributed by atoms with van der Waals surface area (Å²) < 4.78 is 11.5. The molecule has 0 N–H and O–H groups in total. The van der Waals surface area contributed by atoms with Crippen LogP contribution in [0.3, 0.4) is 0 Å². The van der Waals surface area contributed by atoms with Gasteiger partial charge in [-0.25, -0.2) is 0 Å². The number of carbonyl (C=O) groups is 1. The van der Waals surface area contributed by atoms with Crippen LogP contribution in [0.15, 0.2) is 48.5 Å². The summed E-state index contributed by atoms with van der Waals surface area (Å²) in [6.45, 7) is 7.83. The average molecular weight is 312 g/mol. The molecule has 2 aromatic rings. The molecule has 0 aliphatic rings. The molecule has 0 fully saturated rings. The third-order valence-corrected chi connectivity index (χ3v) is 3.20. The fraction of sp³-hybridized carbons (Fsp3) is 0.350. The first-order valence-corrected chi connectivity index (χ1v) is 8.00. The van der Waals surface area contributed by atoms with Gasteiger partial charge in [-0.2, -0.15) is 0 Å². The van der Waals surface area contributed by atoms with Gasteiger partial charge in [0.1, 0.15) is 11.5 Å². The highest BCUT2D eigenvalue weighted by Gasteiger charge is 2.16. The van der Waals surface area contributed by atoms with Crippen molar-refractivity contribution in [2.75, 3.05) is 0 Å². The van der Waals surface area contributed by atoms with Crippen molar-refractivity contribution in [2.45, 2.75) is 46.3 Å². The summed E-state index contributed by atoms with van der Waals surface area (Å²) in [5.41, 5.74) is 1.59. The Morgan fingerprint density at radius 3 is 2.17 bits per heavy atom. The lowest BCUT2D eigenvalue weighted by Gasteiger charge is -2.16. The molecule has 0 aromatic heterocycles. The van der Waals surface area contributed by atoms with Gasteiger partial charge in [-0.3, -0.25) is 4.79 Å². The minimum absolute atomic E-state index is 0.00687. The molecule has 0 spiro atoms. The van der Waals surface area contributed by atoms with Gasteiger partial charge in [0.2, 0.25) is 0 Å². The molecule has 2 rings (SSSR count). The number of ketones is 1. The van der Waals surface area contributed by atoms with Gasteiger partial charge in [0, 0.05) is 12.5 Å². The second-order valence-electron chi connectivity index (χ2n) is 6.08. The van der Waals surface area contributed by atoms with Crippen molar-refractivity contribution in [3.05, 3.63) is 59.7 Å². The number of hydrogen-bond donors (Lipinski definition) is 0. The molecule has 0 saturated carbocycles. The second kappa shape index (κ2) is 7.82. The van der Waals surface area contributed by atoms with Crippen LogP contribution in [0, 0.1) is 0 Å². The van der Waals surface area contributed by atoms with E-state index in [1.165, 1.54) is 0 Å². The molecule has 3 heteroatoms. The van der Waals surface area contributed by atoms with Gasteiger partial charge >= 0.3 is 0 Å². The van der Waals surface area contributed by atoms with E-state index >= 15 is 0 Å². The fourth-order valence-electron chi connectivity index (χ4n) is 2.31. The quantitative estimate of drug-likeness (QED) is 0.696. The van der Waals surface area contributed by atoms with E-state index in [4.69, 9.17) is 9.47 Å². The molecule has 0 aliphatic carbocycles. The Labute approximate surface area is 138 Å². The van der Waals surface area contributed by atoms with Crippen LogP contribution in [0.1, 0.15) is 43.6 Å². The van der Waals surface area contributed by atoms with Crippen LogP contribution in [-0.2, 0) is 6.42 Å². The smallest absolute Gasteiger partial charge is 0.170 e. The van der Waals surface area contributed by atoms with E-state index in [0.717, 1.165) is 5.56 Å². The van der Waals surface area contributed by atoms with Gasteiger partial charge < -0.3 is 9.47 Å². The van der Waals surface area contributed by atoms with Gasteiger partial charge in [-0.1, -0.05) is 30.3 Å². The lowest BCUT2D eigenvalue weighted by Crippen LogP contribution is -2.12. The molecule has 3 nitrogen and oxygen atoms in total. The van der Waals surface area contributed by atoms with E-state index in [1.807, 2.05) is 64.1 Å². The van der Waals surface area contributed by atoms with Gasteiger partial charge in [0.05, 0.1) is 17.8 Å². The van der Waals surface area contributed by atoms with Crippen LogP contribution in [0.2, 0.25) is 0 Å². The van der Waals surface area contributed by atoms with Crippen molar-refractivity contribution >= 4 is 5.78 Å². The number of ether oxygens (including phenoxy) is 2.